The number of rotatable bonds is 11. The molecular formula is C54H69N7O8. The number of likely N-dealkylation sites (N-methyl/N-ethyl adjacent to an activating group) is 1. The van der Waals surface area contributed by atoms with E-state index in [2.05, 4.69) is 66.5 Å². The molecule has 0 radical (unpaired) electrons. The third kappa shape index (κ3) is 9.90. The predicted octanol–water partition coefficient (Wildman–Crippen LogP) is 6.58. The Morgan fingerprint density at radius 2 is 1.80 bits per heavy atom. The van der Waals surface area contributed by atoms with Crippen LogP contribution in [0, 0.1) is 22.7 Å². The summed E-state index contributed by atoms with van der Waals surface area (Å²) in [5.74, 6) is -1.48. The number of hydrogen-bond donors (Lipinski definition) is 2. The molecule has 4 aromatic rings. The maximum Gasteiger partial charge on any atom is 0.324 e. The van der Waals surface area contributed by atoms with E-state index < -0.39 is 34.8 Å². The van der Waals surface area contributed by atoms with Crippen molar-refractivity contribution < 1.29 is 38.6 Å². The normalized spacial score (nSPS) is 22.5. The second-order valence-corrected chi connectivity index (χ2v) is 21.1. The largest absolute Gasteiger partial charge is 0.508 e. The van der Waals surface area contributed by atoms with E-state index in [1.165, 1.54) is 16.0 Å². The number of ketones is 1. The van der Waals surface area contributed by atoms with Gasteiger partial charge in [0, 0.05) is 87.9 Å². The fraction of sp³-hybridized carbons (Fsp3) is 0.519. The van der Waals surface area contributed by atoms with Gasteiger partial charge in [0.2, 0.25) is 17.7 Å². The Bertz CT molecular complexity index is 2650. The van der Waals surface area contributed by atoms with Gasteiger partial charge >= 0.3 is 5.97 Å². The van der Waals surface area contributed by atoms with Crippen LogP contribution in [-0.2, 0) is 52.8 Å². The summed E-state index contributed by atoms with van der Waals surface area (Å²) in [6.45, 7) is 18.7. The maximum absolute atomic E-state index is 15.1. The van der Waals surface area contributed by atoms with E-state index in [0.29, 0.717) is 50.9 Å². The number of methoxy groups -OCH3 is 1. The van der Waals surface area contributed by atoms with Gasteiger partial charge in [-0.05, 0) is 117 Å². The van der Waals surface area contributed by atoms with Gasteiger partial charge in [-0.2, -0.15) is 0 Å². The molecule has 368 valence electrons. The molecule has 3 amide bonds. The number of phenols is 1. The number of nitrogens with one attached hydrogen (secondary N) is 1. The van der Waals surface area contributed by atoms with Crippen LogP contribution in [-0.4, -0.2) is 131 Å². The number of benzene rings is 2. The van der Waals surface area contributed by atoms with Crippen molar-refractivity contribution in [1.29, 1.82) is 0 Å². The van der Waals surface area contributed by atoms with Crippen molar-refractivity contribution in [2.24, 2.45) is 22.7 Å². The molecule has 6 heterocycles. The molecule has 69 heavy (non-hydrogen) atoms. The minimum atomic E-state index is -1.39. The van der Waals surface area contributed by atoms with Crippen LogP contribution in [0.5, 0.6) is 5.75 Å². The number of hydrogen-bond acceptors (Lipinski definition) is 11. The van der Waals surface area contributed by atoms with Gasteiger partial charge in [-0.3, -0.25) is 29.0 Å². The third-order valence-corrected chi connectivity index (χ3v) is 14.7. The lowest BCUT2D eigenvalue weighted by atomic mass is 9.75. The van der Waals surface area contributed by atoms with Gasteiger partial charge in [0.1, 0.15) is 17.6 Å². The summed E-state index contributed by atoms with van der Waals surface area (Å²) in [6.07, 6.45) is 5.04. The van der Waals surface area contributed by atoms with Gasteiger partial charge in [0.15, 0.2) is 5.78 Å². The molecular weight excluding hydrogens is 875 g/mol. The fourth-order valence-electron chi connectivity index (χ4n) is 11.2. The predicted molar refractivity (Wildman–Crippen MR) is 265 cm³/mol. The van der Waals surface area contributed by atoms with Crippen LogP contribution in [0.25, 0.3) is 33.3 Å². The summed E-state index contributed by atoms with van der Waals surface area (Å²) < 4.78 is 14.2. The number of aromatic hydroxyl groups is 1. The highest BCUT2D eigenvalue weighted by atomic mass is 16.5. The van der Waals surface area contributed by atoms with Crippen molar-refractivity contribution >= 4 is 46.2 Å². The Hall–Kier alpha value is -6.06. The quantitative estimate of drug-likeness (QED) is 0.123. The molecule has 15 nitrogen and oxygen atoms in total. The highest BCUT2D eigenvalue weighted by Gasteiger charge is 2.45. The average Bonchev–Trinajstić information content (AvgIpc) is 3.92. The summed E-state index contributed by atoms with van der Waals surface area (Å²) in [6, 6.07) is 14.1. The number of carbonyl (C=O) groups is 5. The molecule has 4 aliphatic heterocycles. The second-order valence-electron chi connectivity index (χ2n) is 21.1. The molecule has 3 saturated heterocycles. The number of aromatic nitrogens is 2. The Kier molecular flexibility index (Phi) is 14.1. The lowest BCUT2D eigenvalue weighted by Crippen LogP contribution is -2.59. The van der Waals surface area contributed by atoms with E-state index in [1.807, 2.05) is 32.2 Å². The van der Waals surface area contributed by atoms with Crippen molar-refractivity contribution in [3.63, 3.8) is 0 Å². The molecule has 0 saturated carbocycles. The van der Waals surface area contributed by atoms with E-state index in [9.17, 15) is 24.3 Å². The number of amides is 3. The number of cyclic esters (lactones) is 1. The Balaban J connectivity index is 1.21. The highest BCUT2D eigenvalue weighted by Crippen LogP contribution is 2.44. The Morgan fingerprint density at radius 1 is 1.03 bits per heavy atom. The first kappa shape index (κ1) is 49.4. The number of fused-ring (bicyclic) bond motifs is 6. The fourth-order valence-corrected chi connectivity index (χ4v) is 11.2. The molecule has 4 atom stereocenters. The molecule has 4 aliphatic rings. The SMILES string of the molecule is C=CC(=O)N1CC[C@H](C(=O)N(C)[C@H](C(=O)CC2(C)Cc3cc(O)cc(c3)-c3ccc4c(c3)c(c(-c3cccnc3N3CC(OC)C3)n4CC)CC(C)(C)COC(=O)[C@@H]3CCCN(N3)C2=O)C(C)C)C1. The molecule has 3 fully saturated rings. The zero-order chi connectivity index (χ0) is 49.5. The molecule has 0 spiro atoms. The van der Waals surface area contributed by atoms with Crippen molar-refractivity contribution in [1.82, 2.24) is 29.8 Å². The number of phenolic OH excluding ortho intramolecular Hbond substituents is 1. The number of Topliss-reactive ketones (excluding diaryl/α,β-unsaturated/α-hetero) is 1. The third-order valence-electron chi connectivity index (χ3n) is 14.7. The minimum Gasteiger partial charge on any atom is -0.508 e. The van der Waals surface area contributed by atoms with Crippen molar-refractivity contribution in [3.8, 4) is 28.1 Å². The minimum absolute atomic E-state index is 0.0139. The van der Waals surface area contributed by atoms with E-state index >= 15 is 4.79 Å². The lowest BCUT2D eigenvalue weighted by molar-refractivity contribution is -0.158. The zero-order valence-electron chi connectivity index (χ0n) is 41.5. The Labute approximate surface area is 405 Å². The van der Waals surface area contributed by atoms with Gasteiger partial charge in [-0.15, -0.1) is 0 Å². The number of likely N-dealkylation sites (tertiary alicyclic amines) is 1. The van der Waals surface area contributed by atoms with Crippen molar-refractivity contribution in [3.05, 3.63) is 78.5 Å². The number of esters is 1. The molecule has 15 heteroatoms. The monoisotopic (exact) mass is 944 g/mol. The molecule has 2 aromatic heterocycles. The number of hydrazine groups is 1. The van der Waals surface area contributed by atoms with Crippen molar-refractivity contribution in [2.75, 3.05) is 58.4 Å². The van der Waals surface area contributed by atoms with Gasteiger partial charge < -0.3 is 33.8 Å². The van der Waals surface area contributed by atoms with Gasteiger partial charge in [-0.25, -0.2) is 10.4 Å². The first-order valence-electron chi connectivity index (χ1n) is 24.5. The number of pyridine rings is 1. The van der Waals surface area contributed by atoms with Crippen LogP contribution in [0.15, 0.2) is 67.4 Å². The second kappa shape index (κ2) is 19.7. The molecule has 0 aliphatic carbocycles. The number of ether oxygens (including phenoxy) is 2. The number of anilines is 1. The van der Waals surface area contributed by atoms with Crippen LogP contribution in [0.1, 0.15) is 78.4 Å². The summed E-state index contributed by atoms with van der Waals surface area (Å²) in [5.41, 5.74) is 7.67. The van der Waals surface area contributed by atoms with Gasteiger partial charge in [0.05, 0.1) is 35.8 Å². The Morgan fingerprint density at radius 3 is 2.51 bits per heavy atom. The van der Waals surface area contributed by atoms with Crippen LogP contribution in [0.3, 0.4) is 0 Å². The molecule has 2 aromatic carbocycles. The number of aryl methyl sites for hydroxylation is 1. The summed E-state index contributed by atoms with van der Waals surface area (Å²) >= 11 is 0. The smallest absolute Gasteiger partial charge is 0.324 e. The average molecular weight is 944 g/mol. The first-order valence-corrected chi connectivity index (χ1v) is 24.5. The molecule has 8 rings (SSSR count). The van der Waals surface area contributed by atoms with Crippen LogP contribution < -0.4 is 10.3 Å². The summed E-state index contributed by atoms with van der Waals surface area (Å²) in [7, 11) is 3.36. The first-order chi connectivity index (χ1) is 32.8. The zero-order valence-corrected chi connectivity index (χ0v) is 41.5. The van der Waals surface area contributed by atoms with Gasteiger partial charge in [0.25, 0.3) is 0 Å². The van der Waals surface area contributed by atoms with Crippen LogP contribution in [0.2, 0.25) is 0 Å². The van der Waals surface area contributed by atoms with E-state index in [1.54, 1.807) is 38.1 Å². The number of carbonyl (C=O) groups excluding carboxylic acids is 5. The topological polar surface area (TPSA) is 167 Å². The molecule has 6 bridgehead atoms. The van der Waals surface area contributed by atoms with Crippen LogP contribution >= 0.6 is 0 Å². The maximum atomic E-state index is 15.1. The number of nitrogens with zero attached hydrogens (tertiary/aromatic N) is 6. The van der Waals surface area contributed by atoms with E-state index in [4.69, 9.17) is 14.5 Å². The van der Waals surface area contributed by atoms with Crippen molar-refractivity contribution in [2.45, 2.75) is 105 Å². The highest BCUT2D eigenvalue weighted by molar-refractivity contribution is 5.98. The van der Waals surface area contributed by atoms with E-state index in [-0.39, 0.29) is 67.3 Å². The van der Waals surface area contributed by atoms with Gasteiger partial charge in [-0.1, -0.05) is 46.4 Å². The lowest BCUT2D eigenvalue weighted by Gasteiger charge is -2.40. The molecule has 1 unspecified atom stereocenters. The van der Waals surface area contributed by atoms with Crippen LogP contribution in [0.4, 0.5) is 5.82 Å². The standard InChI is InChI=1S/C54H69N7O8/c1-10-46(64)58-21-18-36(29-58)50(65)57(8)47(33(3)4)45(63)28-54(7)26-34-22-37(24-38(62)23-34)35-16-17-44-41(25-35)42(27-53(5,6)32-69-51(66)43-15-13-20-61(56-43)52(54)67)48(60(44)11-2)40-14-12-19-55-49(40)59-30-39(31-59)68-9/h10,12,14,16-17,19,22-25,33,36,39,43,47,56,62H,1,11,13,15,18,20-21,26-32H2,2-9H3/t36-,43-,47-,54?/m0/s1. The summed E-state index contributed by atoms with van der Waals surface area (Å²) in [4.78, 5) is 80.7. The summed E-state index contributed by atoms with van der Waals surface area (Å²) in [5, 5.41) is 14.0. The van der Waals surface area contributed by atoms with E-state index in [0.717, 1.165) is 57.8 Å². The molecule has 2 N–H and O–H groups in total.